The molecule has 1 N–H and O–H groups in total. The largest absolute Gasteiger partial charge is 0.491 e. The fourth-order valence-corrected chi connectivity index (χ4v) is 5.19. The predicted octanol–water partition coefficient (Wildman–Crippen LogP) is 6.48. The van der Waals surface area contributed by atoms with Gasteiger partial charge < -0.3 is 24.0 Å². The van der Waals surface area contributed by atoms with E-state index in [0.29, 0.717) is 64.6 Å². The second-order valence-electron chi connectivity index (χ2n) is 10.3. The molecule has 0 aliphatic carbocycles. The molecular formula is C30H32ClF2N5O4. The molecule has 3 aromatic heterocycles. The van der Waals surface area contributed by atoms with Gasteiger partial charge in [-0.25, -0.2) is 23.7 Å². The van der Waals surface area contributed by atoms with Crippen molar-refractivity contribution in [2.75, 3.05) is 18.1 Å². The lowest BCUT2D eigenvalue weighted by Crippen LogP contribution is -2.19. The highest BCUT2D eigenvalue weighted by molar-refractivity contribution is 6.33. The number of ether oxygens (including phenoxy) is 2. The highest BCUT2D eigenvalue weighted by atomic mass is 35.5. The topological polar surface area (TPSA) is 107 Å². The zero-order valence-corrected chi connectivity index (χ0v) is 24.6. The molecule has 0 unspecified atom stereocenters. The van der Waals surface area contributed by atoms with Gasteiger partial charge in [0.1, 0.15) is 23.9 Å². The summed E-state index contributed by atoms with van der Waals surface area (Å²) in [7, 11) is 0. The Bertz CT molecular complexity index is 1560. The van der Waals surface area contributed by atoms with Crippen LogP contribution in [0.2, 0.25) is 5.02 Å². The van der Waals surface area contributed by atoms with E-state index in [4.69, 9.17) is 35.6 Å². The highest BCUT2D eigenvalue weighted by Crippen LogP contribution is 2.39. The number of alkyl halides is 2. The summed E-state index contributed by atoms with van der Waals surface area (Å²) in [5.74, 6) is 2.33. The third kappa shape index (κ3) is 6.32. The van der Waals surface area contributed by atoms with E-state index in [0.717, 1.165) is 28.8 Å². The number of benzene rings is 1. The Morgan fingerprint density at radius 3 is 2.57 bits per heavy atom. The fraction of sp³-hybridized carbons (Fsp3) is 0.400. The number of nitrogens with zero attached hydrogens (tertiary/aromatic N) is 5. The molecule has 0 saturated heterocycles. The van der Waals surface area contributed by atoms with Crippen LogP contribution in [0.4, 0.5) is 14.6 Å². The number of hydrogen-bond donors (Lipinski definition) is 1. The summed E-state index contributed by atoms with van der Waals surface area (Å²) < 4.78 is 41.8. The van der Waals surface area contributed by atoms with E-state index in [-0.39, 0.29) is 12.5 Å². The normalized spacial score (nSPS) is 13.5. The molecular weight excluding hydrogens is 568 g/mol. The van der Waals surface area contributed by atoms with Crippen molar-refractivity contribution in [2.45, 2.75) is 66.2 Å². The van der Waals surface area contributed by atoms with E-state index in [1.165, 1.54) is 0 Å². The summed E-state index contributed by atoms with van der Waals surface area (Å²) >= 11 is 6.67. The summed E-state index contributed by atoms with van der Waals surface area (Å²) in [5, 5.41) is 14.7. The smallest absolute Gasteiger partial charge is 0.272 e. The van der Waals surface area contributed by atoms with E-state index < -0.39 is 19.1 Å². The molecule has 1 aromatic carbocycles. The maximum atomic E-state index is 12.7. The van der Waals surface area contributed by atoms with Gasteiger partial charge in [-0.1, -0.05) is 30.1 Å². The average molecular weight is 600 g/mol. The van der Waals surface area contributed by atoms with Crippen molar-refractivity contribution in [3.63, 3.8) is 0 Å². The molecule has 0 fully saturated rings. The Labute approximate surface area is 247 Å². The van der Waals surface area contributed by atoms with Gasteiger partial charge in [-0.05, 0) is 57.0 Å². The number of fused-ring (bicyclic) bond motifs is 1. The molecule has 42 heavy (non-hydrogen) atoms. The van der Waals surface area contributed by atoms with Gasteiger partial charge >= 0.3 is 0 Å². The van der Waals surface area contributed by atoms with E-state index in [9.17, 15) is 13.9 Å². The lowest BCUT2D eigenvalue weighted by Gasteiger charge is -2.22. The van der Waals surface area contributed by atoms with Gasteiger partial charge in [0.15, 0.2) is 12.4 Å². The number of aromatic nitrogens is 4. The van der Waals surface area contributed by atoms with Crippen LogP contribution in [0.5, 0.6) is 11.6 Å². The monoisotopic (exact) mass is 599 g/mol. The van der Waals surface area contributed by atoms with Gasteiger partial charge in [0.2, 0.25) is 5.88 Å². The summed E-state index contributed by atoms with van der Waals surface area (Å²) in [6.45, 7) is 7.95. The number of anilines is 1. The molecule has 9 nitrogen and oxygen atoms in total. The van der Waals surface area contributed by atoms with Crippen molar-refractivity contribution >= 4 is 17.4 Å². The van der Waals surface area contributed by atoms with Gasteiger partial charge in [-0.15, -0.1) is 0 Å². The second kappa shape index (κ2) is 12.6. The Kier molecular flexibility index (Phi) is 8.88. The zero-order valence-electron chi connectivity index (χ0n) is 23.8. The number of aryl methyl sites for hydroxylation is 2. The third-order valence-electron chi connectivity index (χ3n) is 7.03. The van der Waals surface area contributed by atoms with Gasteiger partial charge in [0.25, 0.3) is 6.43 Å². The van der Waals surface area contributed by atoms with Crippen molar-refractivity contribution in [1.82, 2.24) is 20.1 Å². The fourth-order valence-electron chi connectivity index (χ4n) is 4.98. The number of rotatable bonds is 11. The molecule has 0 saturated carbocycles. The number of pyridine rings is 1. The van der Waals surface area contributed by atoms with E-state index in [1.807, 2.05) is 38.7 Å². The molecule has 0 radical (unpaired) electrons. The van der Waals surface area contributed by atoms with Crippen molar-refractivity contribution < 1.29 is 27.9 Å². The Morgan fingerprint density at radius 1 is 1.05 bits per heavy atom. The first kappa shape index (κ1) is 29.7. The molecule has 222 valence electrons. The number of aliphatic hydroxyl groups is 1. The van der Waals surface area contributed by atoms with Crippen molar-refractivity contribution in [1.29, 1.82) is 0 Å². The van der Waals surface area contributed by atoms with Crippen LogP contribution in [0.1, 0.15) is 48.0 Å². The van der Waals surface area contributed by atoms with E-state index >= 15 is 0 Å². The minimum Gasteiger partial charge on any atom is -0.491 e. The lowest BCUT2D eigenvalue weighted by molar-refractivity contribution is 0.0795. The molecule has 1 atom stereocenters. The van der Waals surface area contributed by atoms with E-state index in [1.54, 1.807) is 24.3 Å². The van der Waals surface area contributed by atoms with Gasteiger partial charge in [-0.3, -0.25) is 0 Å². The van der Waals surface area contributed by atoms with Crippen LogP contribution in [-0.4, -0.2) is 51.0 Å². The van der Waals surface area contributed by atoms with Crippen LogP contribution in [0, 0.1) is 20.8 Å². The minimum absolute atomic E-state index is 0.153. The molecule has 12 heteroatoms. The SMILES string of the molecule is CCC[C@@H](O)COc1ccc(Cl)c(-c2nc(-c3c(C)noc3C)c(C)c(N3Cc4ccc(OCC(F)F)nc4C3)n2)c1. The summed E-state index contributed by atoms with van der Waals surface area (Å²) in [6.07, 6.45) is -1.67. The second-order valence-corrected chi connectivity index (χ2v) is 10.7. The lowest BCUT2D eigenvalue weighted by atomic mass is 10.0. The zero-order chi connectivity index (χ0) is 30.0. The van der Waals surface area contributed by atoms with Crippen LogP contribution in [-0.2, 0) is 13.1 Å². The quantitative estimate of drug-likeness (QED) is 0.207. The molecule has 0 bridgehead atoms. The van der Waals surface area contributed by atoms with Crippen LogP contribution in [0.3, 0.4) is 0 Å². The van der Waals surface area contributed by atoms with E-state index in [2.05, 4.69) is 10.1 Å². The number of hydrogen-bond acceptors (Lipinski definition) is 9. The number of halogens is 3. The van der Waals surface area contributed by atoms with Gasteiger partial charge in [0, 0.05) is 23.7 Å². The van der Waals surface area contributed by atoms with Gasteiger partial charge in [0.05, 0.1) is 40.3 Å². The Hall–Kier alpha value is -3.83. The first-order valence-corrected chi connectivity index (χ1v) is 14.1. The maximum Gasteiger partial charge on any atom is 0.272 e. The average Bonchev–Trinajstić information content (AvgIpc) is 3.53. The summed E-state index contributed by atoms with van der Waals surface area (Å²) in [4.78, 5) is 16.4. The summed E-state index contributed by atoms with van der Waals surface area (Å²) in [6, 6.07) is 8.65. The predicted molar refractivity (Wildman–Crippen MR) is 154 cm³/mol. The molecule has 5 rings (SSSR count). The van der Waals surface area contributed by atoms with Crippen LogP contribution in [0.25, 0.3) is 22.6 Å². The first-order chi connectivity index (χ1) is 20.1. The maximum absolute atomic E-state index is 12.7. The Morgan fingerprint density at radius 2 is 1.86 bits per heavy atom. The van der Waals surface area contributed by atoms with Crippen LogP contribution < -0.4 is 14.4 Å². The number of aliphatic hydroxyl groups excluding tert-OH is 1. The molecule has 1 aliphatic heterocycles. The standard InChI is InChI=1S/C30H32ClF2N5O4/c1-5-6-20(39)14-40-21-8-9-23(31)22(11-21)29-35-28(27-17(3)37-42-18(27)4)16(2)30(36-29)38-12-19-7-10-26(34-24(19)13-38)41-15-25(32)33/h7-11,20,25,39H,5-6,12-15H2,1-4H3/t20-/m1/s1. The molecule has 0 amide bonds. The van der Waals surface area contributed by atoms with Crippen molar-refractivity contribution in [2.24, 2.45) is 0 Å². The Balaban J connectivity index is 1.55. The first-order valence-electron chi connectivity index (χ1n) is 13.7. The summed E-state index contributed by atoms with van der Waals surface area (Å²) in [5.41, 5.74) is 5.13. The van der Waals surface area contributed by atoms with Crippen LogP contribution >= 0.6 is 11.6 Å². The molecule has 4 aromatic rings. The molecule has 0 spiro atoms. The molecule has 4 heterocycles. The third-order valence-corrected chi connectivity index (χ3v) is 7.36. The highest BCUT2D eigenvalue weighted by Gasteiger charge is 2.28. The van der Waals surface area contributed by atoms with Crippen LogP contribution in [0.15, 0.2) is 34.9 Å². The van der Waals surface area contributed by atoms with Crippen molar-refractivity contribution in [3.8, 4) is 34.3 Å². The molecule has 1 aliphatic rings. The van der Waals surface area contributed by atoms with Gasteiger partial charge in [-0.2, -0.15) is 0 Å². The van der Waals surface area contributed by atoms with Crippen molar-refractivity contribution in [3.05, 3.63) is 63.6 Å². The minimum atomic E-state index is -2.58.